The molecule has 0 unspecified atom stereocenters. The van der Waals surface area contributed by atoms with Gasteiger partial charge in [-0.25, -0.2) is 0 Å². The second-order valence-electron chi connectivity index (χ2n) is 3.67. The van der Waals surface area contributed by atoms with Gasteiger partial charge in [0.2, 0.25) is 0 Å². The topological polar surface area (TPSA) is 33.6 Å². The smallest absolute Gasteiger partial charge is 0.142 e. The van der Waals surface area contributed by atoms with Crippen molar-refractivity contribution in [3.05, 3.63) is 35.9 Å². The zero-order valence-corrected chi connectivity index (χ0v) is 10.0. The lowest BCUT2D eigenvalue weighted by Gasteiger charge is -2.13. The molecule has 88 valence electrons. The van der Waals surface area contributed by atoms with Gasteiger partial charge in [0, 0.05) is 25.9 Å². The van der Waals surface area contributed by atoms with E-state index in [0.29, 0.717) is 6.61 Å². The van der Waals surface area contributed by atoms with E-state index in [1.165, 1.54) is 5.71 Å². The van der Waals surface area contributed by atoms with Gasteiger partial charge in [-0.05, 0) is 5.56 Å². The fourth-order valence-corrected chi connectivity index (χ4v) is 1.58. The minimum atomic E-state index is 0. The van der Waals surface area contributed by atoms with Crippen LogP contribution in [0.5, 0.6) is 0 Å². The van der Waals surface area contributed by atoms with Gasteiger partial charge in [0.25, 0.3) is 0 Å². The van der Waals surface area contributed by atoms with Crippen molar-refractivity contribution >= 4 is 18.1 Å². The molecular formula is C12H17ClN2O. The molecule has 0 saturated carbocycles. The van der Waals surface area contributed by atoms with Gasteiger partial charge < -0.3 is 10.2 Å². The van der Waals surface area contributed by atoms with Gasteiger partial charge >= 0.3 is 0 Å². The third kappa shape index (κ3) is 4.21. The lowest BCUT2D eigenvalue weighted by Crippen LogP contribution is -2.27. The Hall–Kier alpha value is -1.06. The Labute approximate surface area is 102 Å². The quantitative estimate of drug-likeness (QED) is 0.823. The zero-order chi connectivity index (χ0) is 10.3. The Morgan fingerprint density at radius 2 is 1.81 bits per heavy atom. The first-order chi connectivity index (χ1) is 7.45. The third-order valence-electron chi connectivity index (χ3n) is 2.45. The van der Waals surface area contributed by atoms with Crippen LogP contribution in [0.15, 0.2) is 35.5 Å². The predicted octanol–water partition coefficient (Wildman–Crippen LogP) is 2.36. The molecule has 0 atom stereocenters. The molecule has 1 aromatic carbocycles. The van der Waals surface area contributed by atoms with E-state index < -0.39 is 0 Å². The van der Waals surface area contributed by atoms with E-state index in [-0.39, 0.29) is 12.4 Å². The van der Waals surface area contributed by atoms with Crippen molar-refractivity contribution in [3.8, 4) is 0 Å². The van der Waals surface area contributed by atoms with E-state index in [9.17, 15) is 0 Å². The summed E-state index contributed by atoms with van der Waals surface area (Å²) in [6.45, 7) is 2.61. The molecule has 0 bridgehead atoms. The Kier molecular flexibility index (Phi) is 5.90. The van der Waals surface area contributed by atoms with E-state index in [0.717, 1.165) is 31.5 Å². The van der Waals surface area contributed by atoms with Crippen molar-refractivity contribution in [2.24, 2.45) is 5.16 Å². The molecule has 16 heavy (non-hydrogen) atoms. The van der Waals surface area contributed by atoms with Gasteiger partial charge in [-0.3, -0.25) is 0 Å². The molecule has 3 nitrogen and oxygen atoms in total. The number of rotatable bonds is 3. The van der Waals surface area contributed by atoms with E-state index in [4.69, 9.17) is 4.84 Å². The minimum Gasteiger partial charge on any atom is -0.391 e. The van der Waals surface area contributed by atoms with Gasteiger partial charge in [-0.15, -0.1) is 12.4 Å². The molecule has 1 heterocycles. The third-order valence-corrected chi connectivity index (χ3v) is 2.45. The minimum absolute atomic E-state index is 0. The molecule has 2 rings (SSSR count). The number of halogens is 1. The second kappa shape index (κ2) is 7.25. The first-order valence-corrected chi connectivity index (χ1v) is 5.37. The normalized spacial score (nSPS) is 15.1. The summed E-state index contributed by atoms with van der Waals surface area (Å²) < 4.78 is 0. The summed E-state index contributed by atoms with van der Waals surface area (Å²) in [6, 6.07) is 10.1. The van der Waals surface area contributed by atoms with Crippen LogP contribution in [0.25, 0.3) is 0 Å². The number of nitrogens with zero attached hydrogens (tertiary/aromatic N) is 1. The monoisotopic (exact) mass is 240 g/mol. The first-order valence-electron chi connectivity index (χ1n) is 5.37. The fourth-order valence-electron chi connectivity index (χ4n) is 1.58. The molecule has 0 amide bonds. The van der Waals surface area contributed by atoms with Crippen LogP contribution < -0.4 is 5.32 Å². The number of piperidine rings is 1. The average Bonchev–Trinajstić information content (AvgIpc) is 2.32. The molecule has 1 aliphatic rings. The molecule has 0 radical (unpaired) electrons. The van der Waals surface area contributed by atoms with Crippen LogP contribution in [0.4, 0.5) is 0 Å². The highest BCUT2D eigenvalue weighted by atomic mass is 35.5. The van der Waals surface area contributed by atoms with Crippen molar-refractivity contribution in [2.75, 3.05) is 13.1 Å². The van der Waals surface area contributed by atoms with Crippen LogP contribution in [0.1, 0.15) is 18.4 Å². The molecule has 4 heteroatoms. The van der Waals surface area contributed by atoms with Crippen molar-refractivity contribution in [1.82, 2.24) is 5.32 Å². The van der Waals surface area contributed by atoms with Crippen LogP contribution in [0.2, 0.25) is 0 Å². The number of nitrogens with one attached hydrogen (secondary N) is 1. The van der Waals surface area contributed by atoms with Crippen LogP contribution in [-0.2, 0) is 11.4 Å². The summed E-state index contributed by atoms with van der Waals surface area (Å²) >= 11 is 0. The Morgan fingerprint density at radius 1 is 1.12 bits per heavy atom. The average molecular weight is 241 g/mol. The van der Waals surface area contributed by atoms with E-state index >= 15 is 0 Å². The largest absolute Gasteiger partial charge is 0.391 e. The molecule has 1 N–H and O–H groups in total. The van der Waals surface area contributed by atoms with Crippen LogP contribution in [0, 0.1) is 0 Å². The molecule has 0 spiro atoms. The van der Waals surface area contributed by atoms with E-state index in [1.54, 1.807) is 0 Å². The predicted molar refractivity (Wildman–Crippen MR) is 68.0 cm³/mol. The van der Waals surface area contributed by atoms with Crippen LogP contribution in [-0.4, -0.2) is 18.8 Å². The van der Waals surface area contributed by atoms with Crippen LogP contribution >= 0.6 is 12.4 Å². The summed E-state index contributed by atoms with van der Waals surface area (Å²) in [5.41, 5.74) is 2.33. The standard InChI is InChI=1S/C12H16N2O.ClH/c1-2-4-11(5-3-1)10-15-14-12-6-8-13-9-7-12;/h1-5,13H,6-10H2;1H. The maximum Gasteiger partial charge on any atom is 0.142 e. The van der Waals surface area contributed by atoms with E-state index in [1.807, 2.05) is 30.3 Å². The van der Waals surface area contributed by atoms with Gasteiger partial charge in [0.05, 0.1) is 5.71 Å². The molecule has 1 saturated heterocycles. The summed E-state index contributed by atoms with van der Waals surface area (Å²) in [4.78, 5) is 5.32. The SMILES string of the molecule is Cl.c1ccc(CON=C2CCNCC2)cc1. The van der Waals surface area contributed by atoms with Gasteiger partial charge in [0.15, 0.2) is 0 Å². The van der Waals surface area contributed by atoms with Crippen molar-refractivity contribution in [3.63, 3.8) is 0 Å². The van der Waals surface area contributed by atoms with Crippen LogP contribution in [0.3, 0.4) is 0 Å². The highest BCUT2D eigenvalue weighted by molar-refractivity contribution is 5.85. The summed E-state index contributed by atoms with van der Waals surface area (Å²) in [7, 11) is 0. The van der Waals surface area contributed by atoms with Crippen molar-refractivity contribution in [2.45, 2.75) is 19.4 Å². The number of benzene rings is 1. The van der Waals surface area contributed by atoms with Gasteiger partial charge in [-0.2, -0.15) is 0 Å². The molecule has 1 aliphatic heterocycles. The second-order valence-corrected chi connectivity index (χ2v) is 3.67. The fraction of sp³-hybridized carbons (Fsp3) is 0.417. The molecule has 0 aromatic heterocycles. The Morgan fingerprint density at radius 3 is 2.50 bits per heavy atom. The van der Waals surface area contributed by atoms with E-state index in [2.05, 4.69) is 10.5 Å². The lowest BCUT2D eigenvalue weighted by atomic mass is 10.1. The lowest BCUT2D eigenvalue weighted by molar-refractivity contribution is 0.129. The highest BCUT2D eigenvalue weighted by Gasteiger charge is 2.05. The van der Waals surface area contributed by atoms with Gasteiger partial charge in [-0.1, -0.05) is 35.5 Å². The molecular weight excluding hydrogens is 224 g/mol. The number of hydrogen-bond acceptors (Lipinski definition) is 3. The molecule has 1 aromatic rings. The Bertz CT molecular complexity index is 319. The highest BCUT2D eigenvalue weighted by Crippen LogP contribution is 2.03. The van der Waals surface area contributed by atoms with Gasteiger partial charge in [0.1, 0.15) is 6.61 Å². The maximum absolute atomic E-state index is 5.32. The number of oxime groups is 1. The molecule has 1 fully saturated rings. The maximum atomic E-state index is 5.32. The Balaban J connectivity index is 0.00000128. The van der Waals surface area contributed by atoms with Crippen molar-refractivity contribution in [1.29, 1.82) is 0 Å². The molecule has 0 aliphatic carbocycles. The summed E-state index contributed by atoms with van der Waals surface area (Å²) in [6.07, 6.45) is 2.02. The summed E-state index contributed by atoms with van der Waals surface area (Å²) in [5, 5.41) is 7.44. The number of hydrogen-bond donors (Lipinski definition) is 1. The first kappa shape index (κ1) is 13.0. The zero-order valence-electron chi connectivity index (χ0n) is 9.19. The summed E-state index contributed by atoms with van der Waals surface area (Å²) in [5.74, 6) is 0. The van der Waals surface area contributed by atoms with Crippen molar-refractivity contribution < 1.29 is 4.84 Å².